The molecule has 0 saturated heterocycles. The van der Waals surface area contributed by atoms with E-state index >= 15 is 0 Å². The molecule has 2 heterocycles. The first kappa shape index (κ1) is 22.4. The third-order valence-electron chi connectivity index (χ3n) is 6.44. The molecule has 3 unspecified atom stereocenters. The van der Waals surface area contributed by atoms with Gasteiger partial charge in [0.1, 0.15) is 0 Å². The van der Waals surface area contributed by atoms with Gasteiger partial charge in [0.15, 0.2) is 11.5 Å². The van der Waals surface area contributed by atoms with Gasteiger partial charge in [-0.2, -0.15) is 13.6 Å². The number of fused-ring (bicyclic) bond motifs is 3. The lowest BCUT2D eigenvalue weighted by molar-refractivity contribution is -0.0512. The van der Waals surface area contributed by atoms with Crippen molar-refractivity contribution in [1.82, 2.24) is 20.2 Å². The van der Waals surface area contributed by atoms with Crippen molar-refractivity contribution in [3.8, 4) is 22.9 Å². The minimum atomic E-state index is -2.98. The number of aromatic nitrogens is 4. The second-order valence-electron chi connectivity index (χ2n) is 8.47. The number of rotatable bonds is 6. The summed E-state index contributed by atoms with van der Waals surface area (Å²) in [6.45, 7) is -0.419. The molecule has 0 amide bonds. The van der Waals surface area contributed by atoms with E-state index in [2.05, 4.69) is 15.4 Å². The lowest BCUT2D eigenvalue weighted by Crippen LogP contribution is -2.34. The van der Waals surface area contributed by atoms with Gasteiger partial charge in [0, 0.05) is 22.6 Å². The number of nitrogens with zero attached hydrogens (tertiary/aromatic N) is 5. The van der Waals surface area contributed by atoms with Gasteiger partial charge in [-0.3, -0.25) is 4.99 Å². The Bertz CT molecular complexity index is 1210. The highest BCUT2D eigenvalue weighted by molar-refractivity contribution is 6.15. The van der Waals surface area contributed by atoms with Gasteiger partial charge in [-0.25, -0.2) is 0 Å². The Morgan fingerprint density at radius 1 is 1.12 bits per heavy atom. The normalized spacial score (nSPS) is 21.6. The summed E-state index contributed by atoms with van der Waals surface area (Å²) in [4.78, 5) is 6.53. The van der Waals surface area contributed by atoms with E-state index < -0.39 is 12.7 Å². The number of methoxy groups -OCH3 is 1. The van der Waals surface area contributed by atoms with Crippen molar-refractivity contribution in [2.75, 3.05) is 7.11 Å². The molecule has 1 aliphatic carbocycles. The topological polar surface area (TPSA) is 94.7 Å². The van der Waals surface area contributed by atoms with Gasteiger partial charge in [0.25, 0.3) is 0 Å². The molecule has 34 heavy (non-hydrogen) atoms. The fraction of sp³-hybridized carbons (Fsp3) is 0.417. The first-order chi connectivity index (χ1) is 16.5. The number of aliphatic hydroxyl groups is 1. The Morgan fingerprint density at radius 2 is 1.88 bits per heavy atom. The third kappa shape index (κ3) is 4.13. The maximum absolute atomic E-state index is 13.1. The quantitative estimate of drug-likeness (QED) is 0.590. The standard InChI is InChI=1S/C24H25F2N5O3/c1-3-31-29-23(28-30-31)14-6-4-13(5-7-14)22-18-12-21(34-24(25)26)20(33-2)11-16(18)17-10-15(32)8-9-19(17)27-22/h4-7,11-12,15,17,19,24,32H,3,8-10H2,1-2H3. The van der Waals surface area contributed by atoms with Gasteiger partial charge in [-0.15, -0.1) is 10.2 Å². The molecule has 2 aliphatic rings. The molecule has 1 aliphatic heterocycles. The highest BCUT2D eigenvalue weighted by atomic mass is 19.3. The monoisotopic (exact) mass is 469 g/mol. The van der Waals surface area contributed by atoms with Gasteiger partial charge >= 0.3 is 6.61 Å². The lowest BCUT2D eigenvalue weighted by Gasteiger charge is -2.37. The van der Waals surface area contributed by atoms with Crippen molar-refractivity contribution >= 4 is 5.71 Å². The molecule has 1 saturated carbocycles. The molecule has 8 nitrogen and oxygen atoms in total. The molecule has 1 N–H and O–H groups in total. The van der Waals surface area contributed by atoms with Crippen LogP contribution >= 0.6 is 0 Å². The predicted molar refractivity (Wildman–Crippen MR) is 121 cm³/mol. The van der Waals surface area contributed by atoms with E-state index in [0.29, 0.717) is 36.5 Å². The van der Waals surface area contributed by atoms with Crippen LogP contribution in [-0.2, 0) is 6.54 Å². The molecule has 178 valence electrons. The van der Waals surface area contributed by atoms with Gasteiger partial charge in [0.05, 0.1) is 31.5 Å². The zero-order valence-corrected chi connectivity index (χ0v) is 18.9. The van der Waals surface area contributed by atoms with E-state index in [9.17, 15) is 13.9 Å². The highest BCUT2D eigenvalue weighted by Crippen LogP contribution is 2.45. The van der Waals surface area contributed by atoms with Crippen molar-refractivity contribution < 1.29 is 23.4 Å². The zero-order valence-electron chi connectivity index (χ0n) is 18.9. The Labute approximate surface area is 195 Å². The van der Waals surface area contributed by atoms with E-state index in [1.165, 1.54) is 11.9 Å². The number of ether oxygens (including phenoxy) is 2. The second-order valence-corrected chi connectivity index (χ2v) is 8.47. The Kier molecular flexibility index (Phi) is 5.99. The van der Waals surface area contributed by atoms with Gasteiger partial charge in [-0.1, -0.05) is 24.3 Å². The maximum Gasteiger partial charge on any atom is 0.387 e. The summed E-state index contributed by atoms with van der Waals surface area (Å²) in [5.41, 5.74) is 3.98. The number of benzene rings is 2. The molecule has 3 atom stereocenters. The molecule has 0 radical (unpaired) electrons. The van der Waals surface area contributed by atoms with Gasteiger partial charge in [-0.05, 0) is 49.1 Å². The van der Waals surface area contributed by atoms with Gasteiger partial charge < -0.3 is 14.6 Å². The van der Waals surface area contributed by atoms with E-state index in [0.717, 1.165) is 23.1 Å². The lowest BCUT2D eigenvalue weighted by atomic mass is 9.74. The van der Waals surface area contributed by atoms with E-state index in [1.54, 1.807) is 12.1 Å². The molecule has 0 bridgehead atoms. The summed E-state index contributed by atoms with van der Waals surface area (Å²) < 4.78 is 36.3. The van der Waals surface area contributed by atoms with Crippen LogP contribution in [0.1, 0.15) is 48.8 Å². The van der Waals surface area contributed by atoms with Crippen LogP contribution in [0, 0.1) is 0 Å². The van der Waals surface area contributed by atoms with E-state index in [1.807, 2.05) is 31.2 Å². The van der Waals surface area contributed by atoms with Gasteiger partial charge in [0.2, 0.25) is 5.82 Å². The van der Waals surface area contributed by atoms with Crippen LogP contribution in [0.25, 0.3) is 11.4 Å². The van der Waals surface area contributed by atoms with Crippen molar-refractivity contribution in [2.24, 2.45) is 4.99 Å². The van der Waals surface area contributed by atoms with Crippen molar-refractivity contribution in [3.63, 3.8) is 0 Å². The molecular weight excluding hydrogens is 444 g/mol. The van der Waals surface area contributed by atoms with Crippen LogP contribution in [0.3, 0.4) is 0 Å². The van der Waals surface area contributed by atoms with Crippen LogP contribution in [0.15, 0.2) is 41.4 Å². The summed E-state index contributed by atoms with van der Waals surface area (Å²) in [6.07, 6.45) is 1.56. The van der Waals surface area contributed by atoms with Crippen LogP contribution in [0.2, 0.25) is 0 Å². The first-order valence-electron chi connectivity index (χ1n) is 11.3. The number of halogens is 2. The SMILES string of the molecule is CCn1nnc(-c2ccc(C3=NC4CCC(O)CC4c4cc(OC)c(OC(F)F)cc43)cc2)n1. The number of aliphatic imine (C=N–C) groups is 1. The summed E-state index contributed by atoms with van der Waals surface area (Å²) in [5, 5.41) is 22.7. The number of aliphatic hydroxyl groups excluding tert-OH is 1. The molecule has 0 spiro atoms. The van der Waals surface area contributed by atoms with Crippen LogP contribution in [-0.4, -0.2) is 56.9 Å². The van der Waals surface area contributed by atoms with Crippen molar-refractivity contribution in [1.29, 1.82) is 0 Å². The molecule has 1 fully saturated rings. The van der Waals surface area contributed by atoms with Crippen molar-refractivity contribution in [2.45, 2.75) is 57.4 Å². The molecule has 2 aromatic carbocycles. The smallest absolute Gasteiger partial charge is 0.387 e. The first-order valence-corrected chi connectivity index (χ1v) is 11.3. The molecule has 10 heteroatoms. The van der Waals surface area contributed by atoms with Crippen LogP contribution < -0.4 is 9.47 Å². The second kappa shape index (κ2) is 9.09. The van der Waals surface area contributed by atoms with Crippen LogP contribution in [0.5, 0.6) is 11.5 Å². The third-order valence-corrected chi connectivity index (χ3v) is 6.44. The Morgan fingerprint density at radius 3 is 2.56 bits per heavy atom. The molecule has 1 aromatic heterocycles. The Hall–Kier alpha value is -3.40. The number of aryl methyl sites for hydroxylation is 1. The largest absolute Gasteiger partial charge is 0.493 e. The summed E-state index contributed by atoms with van der Waals surface area (Å²) in [6, 6.07) is 10.9. The Balaban J connectivity index is 1.58. The fourth-order valence-electron chi connectivity index (χ4n) is 4.79. The summed E-state index contributed by atoms with van der Waals surface area (Å²) in [7, 11) is 1.42. The van der Waals surface area contributed by atoms with E-state index in [4.69, 9.17) is 14.5 Å². The summed E-state index contributed by atoms with van der Waals surface area (Å²) >= 11 is 0. The van der Waals surface area contributed by atoms with Crippen molar-refractivity contribution in [3.05, 3.63) is 53.1 Å². The fourth-order valence-corrected chi connectivity index (χ4v) is 4.79. The number of hydrogen-bond donors (Lipinski definition) is 1. The minimum absolute atomic E-state index is 0.0109. The molecular formula is C24H25F2N5O3. The number of tetrazole rings is 1. The maximum atomic E-state index is 13.1. The minimum Gasteiger partial charge on any atom is -0.493 e. The summed E-state index contributed by atoms with van der Waals surface area (Å²) in [5.74, 6) is 0.693. The molecule has 3 aromatic rings. The highest BCUT2D eigenvalue weighted by Gasteiger charge is 2.37. The number of alkyl halides is 2. The van der Waals surface area contributed by atoms with E-state index in [-0.39, 0.29) is 23.5 Å². The number of hydrogen-bond acceptors (Lipinski definition) is 7. The zero-order chi connectivity index (χ0) is 23.8. The predicted octanol–water partition coefficient (Wildman–Crippen LogP) is 3.82. The average Bonchev–Trinajstić information content (AvgIpc) is 3.32. The van der Waals surface area contributed by atoms with Crippen LogP contribution in [0.4, 0.5) is 8.78 Å². The molecule has 5 rings (SSSR count). The average molecular weight is 469 g/mol.